The van der Waals surface area contributed by atoms with E-state index in [9.17, 15) is 14.7 Å². The minimum absolute atomic E-state index is 0.139. The normalized spacial score (nSPS) is 43.2. The molecule has 1 heterocycles. The minimum atomic E-state index is -0.580. The van der Waals surface area contributed by atoms with Crippen molar-refractivity contribution in [2.45, 2.75) is 52.2 Å². The molecule has 1 N–H and O–H groups in total. The Morgan fingerprint density at radius 2 is 2.00 bits per heavy atom. The highest BCUT2D eigenvalue weighted by atomic mass is 16.6. The number of allylic oxidation sites excluding steroid dienone is 1. The number of esters is 1. The van der Waals surface area contributed by atoms with Gasteiger partial charge in [0, 0.05) is 18.3 Å². The summed E-state index contributed by atoms with van der Waals surface area (Å²) >= 11 is 0. The largest absolute Gasteiger partial charge is 0.462 e. The molecule has 19 heavy (non-hydrogen) atoms. The summed E-state index contributed by atoms with van der Waals surface area (Å²) in [6, 6.07) is 0. The van der Waals surface area contributed by atoms with Gasteiger partial charge in [0.25, 0.3) is 0 Å². The second-order valence-electron chi connectivity index (χ2n) is 5.97. The summed E-state index contributed by atoms with van der Waals surface area (Å²) in [6.07, 6.45) is 2.41. The van der Waals surface area contributed by atoms with Gasteiger partial charge in [0.2, 0.25) is 0 Å². The average molecular weight is 266 g/mol. The molecule has 0 saturated carbocycles. The first-order chi connectivity index (χ1) is 8.90. The van der Waals surface area contributed by atoms with Crippen molar-refractivity contribution in [2.75, 3.05) is 0 Å². The number of hydrogen-bond donors (Lipinski definition) is 1. The molecule has 106 valence electrons. The maximum atomic E-state index is 12.0. The predicted molar refractivity (Wildman–Crippen MR) is 70.3 cm³/mol. The number of carbonyl (C=O) groups is 2. The molecule has 1 aliphatic heterocycles. The third-order valence-corrected chi connectivity index (χ3v) is 4.41. The smallest absolute Gasteiger partial charge is 0.309 e. The molecular formula is C15H22O4. The van der Waals surface area contributed by atoms with Crippen LogP contribution in [0.3, 0.4) is 0 Å². The molecule has 0 amide bonds. The molecule has 0 radical (unpaired) electrons. The van der Waals surface area contributed by atoms with Crippen molar-refractivity contribution in [3.05, 3.63) is 11.6 Å². The van der Waals surface area contributed by atoms with Gasteiger partial charge in [-0.05, 0) is 19.8 Å². The van der Waals surface area contributed by atoms with Crippen LogP contribution in [0, 0.1) is 17.8 Å². The molecule has 0 unspecified atom stereocenters. The van der Waals surface area contributed by atoms with Gasteiger partial charge >= 0.3 is 5.97 Å². The highest BCUT2D eigenvalue weighted by molar-refractivity contribution is 5.82. The summed E-state index contributed by atoms with van der Waals surface area (Å²) in [5.74, 6) is -0.724. The predicted octanol–water partition coefficient (Wildman–Crippen LogP) is 1.86. The van der Waals surface area contributed by atoms with Crippen LogP contribution in [0.5, 0.6) is 0 Å². The number of aliphatic hydroxyl groups excluding tert-OH is 1. The Hall–Kier alpha value is -1.16. The van der Waals surface area contributed by atoms with Crippen LogP contribution in [0.25, 0.3) is 0 Å². The average Bonchev–Trinajstić information content (AvgIpc) is 2.60. The van der Waals surface area contributed by atoms with Crippen molar-refractivity contribution >= 4 is 11.8 Å². The van der Waals surface area contributed by atoms with E-state index in [2.05, 4.69) is 0 Å². The zero-order valence-corrected chi connectivity index (χ0v) is 11.8. The van der Waals surface area contributed by atoms with Gasteiger partial charge in [-0.2, -0.15) is 0 Å². The van der Waals surface area contributed by atoms with Crippen LogP contribution in [0.2, 0.25) is 0 Å². The third kappa shape index (κ3) is 2.89. The second kappa shape index (κ2) is 5.45. The molecule has 0 bridgehead atoms. The Bertz CT molecular complexity index is 412. The Morgan fingerprint density at radius 1 is 1.32 bits per heavy atom. The summed E-state index contributed by atoms with van der Waals surface area (Å²) in [5, 5.41) is 10.4. The Kier molecular flexibility index (Phi) is 4.09. The first kappa shape index (κ1) is 14.3. The van der Waals surface area contributed by atoms with E-state index in [1.165, 1.54) is 0 Å². The van der Waals surface area contributed by atoms with Crippen molar-refractivity contribution in [1.29, 1.82) is 0 Å². The number of aliphatic hydroxyl groups is 1. The topological polar surface area (TPSA) is 63.6 Å². The van der Waals surface area contributed by atoms with Crippen LogP contribution in [0.15, 0.2) is 11.6 Å². The molecule has 2 aliphatic rings. The molecular weight excluding hydrogens is 244 g/mol. The summed E-state index contributed by atoms with van der Waals surface area (Å²) in [4.78, 5) is 23.7. The summed E-state index contributed by atoms with van der Waals surface area (Å²) in [6.45, 7) is 5.58. The van der Waals surface area contributed by atoms with E-state index >= 15 is 0 Å². The number of hydrogen-bond acceptors (Lipinski definition) is 4. The molecule has 1 fully saturated rings. The quantitative estimate of drug-likeness (QED) is 0.537. The molecule has 5 atom stereocenters. The lowest BCUT2D eigenvalue weighted by Crippen LogP contribution is -2.34. The van der Waals surface area contributed by atoms with Crippen LogP contribution in [0.4, 0.5) is 0 Å². The van der Waals surface area contributed by atoms with Gasteiger partial charge in [0.1, 0.15) is 11.9 Å². The first-order valence-corrected chi connectivity index (χ1v) is 6.97. The van der Waals surface area contributed by atoms with Crippen molar-refractivity contribution in [1.82, 2.24) is 0 Å². The molecule has 2 rings (SSSR count). The highest BCUT2D eigenvalue weighted by Gasteiger charge is 2.46. The standard InChI is InChI=1S/C15H22O4/c1-8-4-5-11(16)9(2)7-13-14(12(17)6-8)10(3)15(18)19-13/h4,9-10,12-14,17H,5-7H2,1-3H3/b8-4+/t9-,10+,12-,13+,14+/m0/s1. The lowest BCUT2D eigenvalue weighted by molar-refractivity contribution is -0.145. The van der Waals surface area contributed by atoms with Crippen LogP contribution in [-0.2, 0) is 14.3 Å². The first-order valence-electron chi connectivity index (χ1n) is 6.97. The van der Waals surface area contributed by atoms with E-state index in [0.29, 0.717) is 19.3 Å². The maximum absolute atomic E-state index is 12.0. The Balaban J connectivity index is 2.28. The molecule has 4 nitrogen and oxygen atoms in total. The fraction of sp³-hybridized carbons (Fsp3) is 0.733. The van der Waals surface area contributed by atoms with Crippen LogP contribution in [0.1, 0.15) is 40.0 Å². The van der Waals surface area contributed by atoms with Crippen molar-refractivity contribution in [3.63, 3.8) is 0 Å². The molecule has 4 heteroatoms. The number of rotatable bonds is 0. The van der Waals surface area contributed by atoms with Gasteiger partial charge < -0.3 is 9.84 Å². The third-order valence-electron chi connectivity index (χ3n) is 4.41. The summed E-state index contributed by atoms with van der Waals surface area (Å²) < 4.78 is 5.36. The lowest BCUT2D eigenvalue weighted by Gasteiger charge is -2.27. The van der Waals surface area contributed by atoms with Crippen LogP contribution < -0.4 is 0 Å². The molecule has 0 aromatic rings. The van der Waals surface area contributed by atoms with Gasteiger partial charge in [0.05, 0.1) is 12.0 Å². The Labute approximate surface area is 113 Å². The summed E-state index contributed by atoms with van der Waals surface area (Å²) in [5.41, 5.74) is 1.00. The zero-order valence-electron chi connectivity index (χ0n) is 11.8. The minimum Gasteiger partial charge on any atom is -0.462 e. The Morgan fingerprint density at radius 3 is 2.68 bits per heavy atom. The highest BCUT2D eigenvalue weighted by Crippen LogP contribution is 2.37. The number of carbonyl (C=O) groups excluding carboxylic acids is 2. The van der Waals surface area contributed by atoms with Gasteiger partial charge in [-0.3, -0.25) is 9.59 Å². The van der Waals surface area contributed by atoms with Gasteiger partial charge in [0.15, 0.2) is 0 Å². The summed E-state index contributed by atoms with van der Waals surface area (Å²) in [7, 11) is 0. The van der Waals surface area contributed by atoms with Crippen molar-refractivity contribution < 1.29 is 19.4 Å². The maximum Gasteiger partial charge on any atom is 0.309 e. The number of ketones is 1. The lowest BCUT2D eigenvalue weighted by atomic mass is 9.79. The molecule has 0 aromatic heterocycles. The monoisotopic (exact) mass is 266 g/mol. The van der Waals surface area contributed by atoms with E-state index in [1.54, 1.807) is 6.92 Å². The number of ether oxygens (including phenoxy) is 1. The zero-order chi connectivity index (χ0) is 14.2. The van der Waals surface area contributed by atoms with E-state index in [1.807, 2.05) is 19.9 Å². The van der Waals surface area contributed by atoms with Crippen LogP contribution in [-0.4, -0.2) is 29.1 Å². The van der Waals surface area contributed by atoms with Gasteiger partial charge in [-0.25, -0.2) is 0 Å². The second-order valence-corrected chi connectivity index (χ2v) is 5.97. The van der Waals surface area contributed by atoms with Crippen molar-refractivity contribution in [3.8, 4) is 0 Å². The van der Waals surface area contributed by atoms with Gasteiger partial charge in [-0.15, -0.1) is 0 Å². The molecule has 1 aliphatic carbocycles. The van der Waals surface area contributed by atoms with Crippen LogP contribution >= 0.6 is 0 Å². The van der Waals surface area contributed by atoms with Crippen molar-refractivity contribution in [2.24, 2.45) is 17.8 Å². The van der Waals surface area contributed by atoms with E-state index in [0.717, 1.165) is 5.57 Å². The molecule has 1 saturated heterocycles. The number of fused-ring (bicyclic) bond motifs is 1. The number of Topliss-reactive ketones (excluding diaryl/α,β-unsaturated/α-hetero) is 1. The fourth-order valence-electron chi connectivity index (χ4n) is 3.11. The fourth-order valence-corrected chi connectivity index (χ4v) is 3.11. The molecule has 0 aromatic carbocycles. The van der Waals surface area contributed by atoms with Gasteiger partial charge in [-0.1, -0.05) is 25.5 Å². The van der Waals surface area contributed by atoms with E-state index < -0.39 is 6.10 Å². The molecule has 0 spiro atoms. The van der Waals surface area contributed by atoms with E-state index in [-0.39, 0.29) is 35.6 Å². The SMILES string of the molecule is C/C1=C\CC(=O)[C@@H](C)C[C@H]2OC(=O)[C@H](C)[C@@H]2[C@@H](O)C1. The van der Waals surface area contributed by atoms with E-state index in [4.69, 9.17) is 4.74 Å².